The molecule has 0 spiro atoms. The van der Waals surface area contributed by atoms with Crippen molar-refractivity contribution >= 4 is 29.3 Å². The lowest BCUT2D eigenvalue weighted by Crippen LogP contribution is -2.52. The average Bonchev–Trinajstić information content (AvgIpc) is 3.13. The topological polar surface area (TPSA) is 75.1 Å². The molecule has 7 heteroatoms. The van der Waals surface area contributed by atoms with Gasteiger partial charge in [0.1, 0.15) is 11.4 Å². The maximum atomic E-state index is 11.6. The summed E-state index contributed by atoms with van der Waals surface area (Å²) in [5, 5.41) is 12.9. The normalized spacial score (nSPS) is 17.9. The lowest BCUT2D eigenvalue weighted by atomic mass is 9.90. The summed E-state index contributed by atoms with van der Waals surface area (Å²) in [5.41, 5.74) is -0.751. The van der Waals surface area contributed by atoms with Gasteiger partial charge in [0.2, 0.25) is 0 Å². The third-order valence-corrected chi connectivity index (χ3v) is 5.56. The molecule has 2 rings (SSSR count). The van der Waals surface area contributed by atoms with E-state index in [2.05, 4.69) is 14.7 Å². The van der Waals surface area contributed by atoms with E-state index in [1.54, 1.807) is 11.8 Å². The number of aliphatic carboxylic acids is 1. The number of hydrogen-bond acceptors (Lipinski definition) is 6. The maximum absolute atomic E-state index is 11.6. The molecule has 1 fully saturated rings. The zero-order valence-corrected chi connectivity index (χ0v) is 13.5. The smallest absolute Gasteiger partial charge is 0.323 e. The maximum Gasteiger partial charge on any atom is 0.323 e. The van der Waals surface area contributed by atoms with Crippen LogP contribution in [0.4, 0.5) is 0 Å². The number of nitrogens with zero attached hydrogens (tertiary/aromatic N) is 2. The molecule has 1 aromatic heterocycles. The average molecular weight is 315 g/mol. The summed E-state index contributed by atoms with van der Waals surface area (Å²) in [6.45, 7) is 3.83. The molecule has 5 nitrogen and oxygen atoms in total. The number of thioether (sulfide) groups is 1. The fourth-order valence-corrected chi connectivity index (χ4v) is 3.82. The first-order valence-corrected chi connectivity index (χ1v) is 8.76. The van der Waals surface area contributed by atoms with Crippen molar-refractivity contribution in [2.75, 3.05) is 5.75 Å². The third-order valence-electron chi connectivity index (χ3n) is 3.55. The first-order valence-electron chi connectivity index (χ1n) is 7.00. The van der Waals surface area contributed by atoms with Crippen molar-refractivity contribution in [1.82, 2.24) is 14.7 Å². The van der Waals surface area contributed by atoms with Gasteiger partial charge in [-0.25, -0.2) is 4.98 Å². The van der Waals surface area contributed by atoms with E-state index in [0.717, 1.165) is 35.2 Å². The number of aryl methyl sites for hydroxylation is 1. The Morgan fingerprint density at radius 3 is 2.85 bits per heavy atom. The van der Waals surface area contributed by atoms with Gasteiger partial charge >= 0.3 is 5.97 Å². The van der Waals surface area contributed by atoms with Gasteiger partial charge in [-0.2, -0.15) is 4.37 Å². The summed E-state index contributed by atoms with van der Waals surface area (Å²) < 4.78 is 5.11. The van der Waals surface area contributed by atoms with Crippen molar-refractivity contribution < 1.29 is 9.90 Å². The van der Waals surface area contributed by atoms with Crippen molar-refractivity contribution in [1.29, 1.82) is 0 Å². The Morgan fingerprint density at radius 1 is 1.60 bits per heavy atom. The highest BCUT2D eigenvalue weighted by molar-refractivity contribution is 8.00. The fraction of sp³-hybridized carbons (Fsp3) is 0.769. The molecule has 0 aromatic carbocycles. The van der Waals surface area contributed by atoms with Gasteiger partial charge in [0, 0.05) is 11.8 Å². The van der Waals surface area contributed by atoms with Gasteiger partial charge in [0.25, 0.3) is 0 Å². The summed E-state index contributed by atoms with van der Waals surface area (Å²) in [6, 6.07) is 0.407. The molecule has 0 bridgehead atoms. The molecule has 1 unspecified atom stereocenters. The Hall–Kier alpha value is -0.660. The first kappa shape index (κ1) is 15.7. The summed E-state index contributed by atoms with van der Waals surface area (Å²) in [5.74, 6) is 0.973. The lowest BCUT2D eigenvalue weighted by molar-refractivity contribution is -0.145. The molecule has 1 atom stereocenters. The highest BCUT2D eigenvalue weighted by Gasteiger charge is 2.40. The van der Waals surface area contributed by atoms with E-state index >= 15 is 0 Å². The zero-order valence-electron chi connectivity index (χ0n) is 11.9. The second-order valence-electron chi connectivity index (χ2n) is 5.22. The molecule has 0 amide bonds. The molecule has 0 saturated heterocycles. The van der Waals surface area contributed by atoms with Crippen molar-refractivity contribution in [3.63, 3.8) is 0 Å². The fourth-order valence-electron chi connectivity index (χ4n) is 2.16. The molecule has 0 radical (unpaired) electrons. The van der Waals surface area contributed by atoms with Crippen LogP contribution >= 0.6 is 23.3 Å². The molecule has 0 aliphatic heterocycles. The van der Waals surface area contributed by atoms with Gasteiger partial charge in [0.05, 0.1) is 0 Å². The molecular formula is C13H21N3O2S2. The van der Waals surface area contributed by atoms with Crippen LogP contribution in [0.25, 0.3) is 0 Å². The molecule has 1 aromatic rings. The van der Waals surface area contributed by atoms with E-state index in [-0.39, 0.29) is 0 Å². The monoisotopic (exact) mass is 315 g/mol. The molecule has 1 saturated carbocycles. The quantitative estimate of drug-likeness (QED) is 0.539. The number of carbonyl (C=O) groups is 1. The Morgan fingerprint density at radius 2 is 2.35 bits per heavy atom. The number of rotatable bonds is 9. The van der Waals surface area contributed by atoms with Crippen LogP contribution in [0.2, 0.25) is 0 Å². The predicted molar refractivity (Wildman–Crippen MR) is 81.4 cm³/mol. The molecule has 1 aliphatic carbocycles. The van der Waals surface area contributed by atoms with Crippen LogP contribution in [0.1, 0.15) is 44.9 Å². The van der Waals surface area contributed by atoms with Gasteiger partial charge in [-0.05, 0) is 50.6 Å². The Labute approximate surface area is 127 Å². The molecular weight excluding hydrogens is 294 g/mol. The van der Waals surface area contributed by atoms with Crippen molar-refractivity contribution in [2.24, 2.45) is 0 Å². The second kappa shape index (κ2) is 6.87. The number of carboxylic acids is 1. The summed E-state index contributed by atoms with van der Waals surface area (Å²) in [7, 11) is 0. The second-order valence-corrected chi connectivity index (χ2v) is 7.31. The summed E-state index contributed by atoms with van der Waals surface area (Å²) >= 11 is 3.07. The van der Waals surface area contributed by atoms with E-state index in [1.165, 1.54) is 11.5 Å². The van der Waals surface area contributed by atoms with Gasteiger partial charge in [-0.15, -0.1) is 0 Å². The Bertz CT molecular complexity index is 462. The van der Waals surface area contributed by atoms with Gasteiger partial charge < -0.3 is 5.11 Å². The van der Waals surface area contributed by atoms with E-state index in [4.69, 9.17) is 0 Å². The van der Waals surface area contributed by atoms with Crippen molar-refractivity contribution in [3.8, 4) is 0 Å². The van der Waals surface area contributed by atoms with Crippen molar-refractivity contribution in [3.05, 3.63) is 5.82 Å². The van der Waals surface area contributed by atoms with Crippen LogP contribution < -0.4 is 5.32 Å². The number of hydrogen-bond donors (Lipinski definition) is 2. The number of carboxylic acid groups (broad SMARTS) is 1. The third kappa shape index (κ3) is 4.17. The molecule has 1 aliphatic rings. The largest absolute Gasteiger partial charge is 0.480 e. The van der Waals surface area contributed by atoms with Crippen LogP contribution in [0, 0.1) is 6.92 Å². The highest BCUT2D eigenvalue weighted by Crippen LogP contribution is 2.29. The molecule has 2 N–H and O–H groups in total. The number of nitrogens with one attached hydrogen (secondary N) is 1. The first-order chi connectivity index (χ1) is 9.55. The lowest BCUT2D eigenvalue weighted by Gasteiger charge is -2.29. The van der Waals surface area contributed by atoms with E-state index in [1.807, 2.05) is 13.8 Å². The zero-order chi connectivity index (χ0) is 14.6. The van der Waals surface area contributed by atoms with Crippen LogP contribution in [-0.2, 0) is 4.79 Å². The van der Waals surface area contributed by atoms with E-state index < -0.39 is 11.5 Å². The minimum atomic E-state index is -0.751. The van der Waals surface area contributed by atoms with Crippen LogP contribution in [0.5, 0.6) is 0 Å². The summed E-state index contributed by atoms with van der Waals surface area (Å²) in [6.07, 6.45) is 4.37. The molecule has 1 heterocycles. The van der Waals surface area contributed by atoms with Crippen molar-refractivity contribution in [2.45, 2.75) is 61.9 Å². The van der Waals surface area contributed by atoms with Gasteiger partial charge in [-0.1, -0.05) is 18.7 Å². The van der Waals surface area contributed by atoms with E-state index in [0.29, 0.717) is 18.9 Å². The Balaban J connectivity index is 1.80. The SMILES string of the molecule is CCC(CCCSc1nc(C)ns1)(NC1CC1)C(=O)O. The van der Waals surface area contributed by atoms with Crippen LogP contribution in [-0.4, -0.2) is 37.8 Å². The standard InChI is InChI=1S/C13H21N3O2S2/c1-3-13(11(17)18,15-10-5-6-10)7-4-8-19-12-14-9(2)16-20-12/h10,15H,3-8H2,1-2H3,(H,17,18). The van der Waals surface area contributed by atoms with Crippen LogP contribution in [0.15, 0.2) is 4.34 Å². The van der Waals surface area contributed by atoms with Crippen LogP contribution in [0.3, 0.4) is 0 Å². The predicted octanol–water partition coefficient (Wildman–Crippen LogP) is 2.70. The summed E-state index contributed by atoms with van der Waals surface area (Å²) in [4.78, 5) is 15.9. The molecule has 112 valence electrons. The minimum Gasteiger partial charge on any atom is -0.480 e. The van der Waals surface area contributed by atoms with Gasteiger partial charge in [0.15, 0.2) is 4.34 Å². The highest BCUT2D eigenvalue weighted by atomic mass is 32.2. The minimum absolute atomic E-state index is 0.407. The molecule has 20 heavy (non-hydrogen) atoms. The number of aromatic nitrogens is 2. The van der Waals surface area contributed by atoms with Gasteiger partial charge in [-0.3, -0.25) is 10.1 Å². The Kier molecular flexibility index (Phi) is 5.40. The van der Waals surface area contributed by atoms with E-state index in [9.17, 15) is 9.90 Å².